The molecule has 2 aromatic carbocycles. The zero-order valence-corrected chi connectivity index (χ0v) is 10.8. The molecule has 3 N–H and O–H groups in total. The molecule has 3 nitrogen and oxygen atoms in total. The summed E-state index contributed by atoms with van der Waals surface area (Å²) in [6.45, 7) is 1.68. The predicted octanol–water partition coefficient (Wildman–Crippen LogP) is 2.54. The van der Waals surface area contributed by atoms with Crippen molar-refractivity contribution in [2.24, 2.45) is 5.73 Å². The molecule has 0 bridgehead atoms. The lowest BCUT2D eigenvalue weighted by Gasteiger charge is -2.09. The van der Waals surface area contributed by atoms with Gasteiger partial charge in [-0.2, -0.15) is 0 Å². The number of fused-ring (bicyclic) bond motifs is 3. The van der Waals surface area contributed by atoms with E-state index in [0.29, 0.717) is 0 Å². The van der Waals surface area contributed by atoms with Gasteiger partial charge in [-0.15, -0.1) is 0 Å². The van der Waals surface area contributed by atoms with Gasteiger partial charge in [-0.1, -0.05) is 30.3 Å². The van der Waals surface area contributed by atoms with Crippen LogP contribution in [0.3, 0.4) is 0 Å². The number of rotatable bonds is 2. The molecule has 2 aromatic rings. The third kappa shape index (κ3) is 2.13. The maximum atomic E-state index is 11.6. The fourth-order valence-corrected chi connectivity index (χ4v) is 2.48. The normalized spacial score (nSPS) is 13.6. The third-order valence-corrected chi connectivity index (χ3v) is 3.47. The number of hydrogen-bond donors (Lipinski definition) is 2. The van der Waals surface area contributed by atoms with Gasteiger partial charge in [-0.25, -0.2) is 0 Å². The second kappa shape index (κ2) is 4.52. The quantitative estimate of drug-likeness (QED) is 0.736. The number of anilines is 1. The fraction of sp³-hybridized carbons (Fsp3) is 0.188. The Hall–Kier alpha value is -2.13. The van der Waals surface area contributed by atoms with E-state index in [0.717, 1.165) is 12.1 Å². The second-order valence-electron chi connectivity index (χ2n) is 4.98. The van der Waals surface area contributed by atoms with Crippen LogP contribution in [0.4, 0.5) is 5.69 Å². The Morgan fingerprint density at radius 3 is 2.68 bits per heavy atom. The first kappa shape index (κ1) is 11.9. The minimum atomic E-state index is -0.495. The molecular weight excluding hydrogens is 236 g/mol. The Morgan fingerprint density at radius 2 is 1.89 bits per heavy atom. The van der Waals surface area contributed by atoms with Crippen LogP contribution in [0.25, 0.3) is 11.1 Å². The van der Waals surface area contributed by atoms with Crippen molar-refractivity contribution in [3.05, 3.63) is 53.6 Å². The predicted molar refractivity (Wildman–Crippen MR) is 77.0 cm³/mol. The van der Waals surface area contributed by atoms with Gasteiger partial charge in [0.15, 0.2) is 0 Å². The smallest absolute Gasteiger partial charge is 0.240 e. The second-order valence-corrected chi connectivity index (χ2v) is 4.98. The largest absolute Gasteiger partial charge is 0.325 e. The SMILES string of the molecule is CC(N)C(=O)Nc1ccc2c(c1)Cc1ccccc1-2. The molecule has 3 heteroatoms. The Balaban J connectivity index is 1.91. The van der Waals surface area contributed by atoms with E-state index < -0.39 is 6.04 Å². The lowest BCUT2D eigenvalue weighted by molar-refractivity contribution is -0.117. The number of carbonyl (C=O) groups is 1. The highest BCUT2D eigenvalue weighted by Crippen LogP contribution is 2.37. The van der Waals surface area contributed by atoms with Crippen molar-refractivity contribution in [3.63, 3.8) is 0 Å². The molecule has 19 heavy (non-hydrogen) atoms. The van der Waals surface area contributed by atoms with Crippen molar-refractivity contribution in [2.75, 3.05) is 5.32 Å². The number of nitrogens with two attached hydrogens (primary N) is 1. The molecule has 3 rings (SSSR count). The van der Waals surface area contributed by atoms with Crippen molar-refractivity contribution >= 4 is 11.6 Å². The van der Waals surface area contributed by atoms with Crippen LogP contribution in [0.1, 0.15) is 18.1 Å². The zero-order valence-electron chi connectivity index (χ0n) is 10.8. The molecule has 0 saturated carbocycles. The molecule has 0 spiro atoms. The number of benzene rings is 2. The van der Waals surface area contributed by atoms with E-state index in [-0.39, 0.29) is 5.91 Å². The van der Waals surface area contributed by atoms with Crippen LogP contribution >= 0.6 is 0 Å². The molecule has 1 aliphatic carbocycles. The number of hydrogen-bond acceptors (Lipinski definition) is 2. The summed E-state index contributed by atoms with van der Waals surface area (Å²) in [4.78, 5) is 11.6. The van der Waals surface area contributed by atoms with Crippen molar-refractivity contribution < 1.29 is 4.79 Å². The summed E-state index contributed by atoms with van der Waals surface area (Å²) >= 11 is 0. The first-order chi connectivity index (χ1) is 9.15. The van der Waals surface area contributed by atoms with Gasteiger partial charge < -0.3 is 11.1 Å². The third-order valence-electron chi connectivity index (χ3n) is 3.47. The van der Waals surface area contributed by atoms with Crippen LogP contribution in [-0.2, 0) is 11.2 Å². The van der Waals surface area contributed by atoms with Crippen LogP contribution in [0.2, 0.25) is 0 Å². The van der Waals surface area contributed by atoms with Gasteiger partial charge in [0.1, 0.15) is 0 Å². The first-order valence-electron chi connectivity index (χ1n) is 6.43. The van der Waals surface area contributed by atoms with Crippen LogP contribution < -0.4 is 11.1 Å². The van der Waals surface area contributed by atoms with Gasteiger partial charge in [0, 0.05) is 5.69 Å². The van der Waals surface area contributed by atoms with E-state index in [9.17, 15) is 4.79 Å². The highest BCUT2D eigenvalue weighted by Gasteiger charge is 2.18. The van der Waals surface area contributed by atoms with Crippen LogP contribution in [-0.4, -0.2) is 11.9 Å². The van der Waals surface area contributed by atoms with Crippen molar-refractivity contribution in [1.82, 2.24) is 0 Å². The molecule has 1 aliphatic rings. The van der Waals surface area contributed by atoms with Gasteiger partial charge in [0.25, 0.3) is 0 Å². The topological polar surface area (TPSA) is 55.1 Å². The molecule has 1 unspecified atom stereocenters. The van der Waals surface area contributed by atoms with Crippen molar-refractivity contribution in [2.45, 2.75) is 19.4 Å². The summed E-state index contributed by atoms with van der Waals surface area (Å²) in [7, 11) is 0. The Bertz CT molecular complexity index is 647. The van der Waals surface area contributed by atoms with Crippen LogP contribution in [0, 0.1) is 0 Å². The summed E-state index contributed by atoms with van der Waals surface area (Å²) in [6, 6.07) is 13.9. The molecule has 0 aromatic heterocycles. The molecule has 1 amide bonds. The first-order valence-corrected chi connectivity index (χ1v) is 6.43. The van der Waals surface area contributed by atoms with Crippen molar-refractivity contribution in [1.29, 1.82) is 0 Å². The van der Waals surface area contributed by atoms with Gasteiger partial charge >= 0.3 is 0 Å². The molecule has 0 radical (unpaired) electrons. The van der Waals surface area contributed by atoms with Crippen LogP contribution in [0.15, 0.2) is 42.5 Å². The Labute approximate surface area is 112 Å². The lowest BCUT2D eigenvalue weighted by atomic mass is 10.1. The maximum Gasteiger partial charge on any atom is 0.240 e. The summed E-state index contributed by atoms with van der Waals surface area (Å²) in [5.41, 5.74) is 11.5. The lowest BCUT2D eigenvalue weighted by Crippen LogP contribution is -2.32. The van der Waals surface area contributed by atoms with Gasteiger partial charge in [0.05, 0.1) is 6.04 Å². The van der Waals surface area contributed by atoms with E-state index in [2.05, 4.69) is 35.6 Å². The number of carbonyl (C=O) groups excluding carboxylic acids is 1. The number of nitrogens with one attached hydrogen (secondary N) is 1. The minimum absolute atomic E-state index is 0.157. The molecular formula is C16H16N2O. The standard InChI is InChI=1S/C16H16N2O/c1-10(17)16(19)18-13-6-7-15-12(9-13)8-11-4-2-3-5-14(11)15/h2-7,9-10H,8,17H2,1H3,(H,18,19). The maximum absolute atomic E-state index is 11.6. The van der Waals surface area contributed by atoms with E-state index in [4.69, 9.17) is 5.73 Å². The average Bonchev–Trinajstić information content (AvgIpc) is 2.76. The monoisotopic (exact) mass is 252 g/mol. The Kier molecular flexibility index (Phi) is 2.84. The van der Waals surface area contributed by atoms with E-state index >= 15 is 0 Å². The van der Waals surface area contributed by atoms with Crippen LogP contribution in [0.5, 0.6) is 0 Å². The minimum Gasteiger partial charge on any atom is -0.325 e. The molecule has 96 valence electrons. The fourth-order valence-electron chi connectivity index (χ4n) is 2.48. The summed E-state index contributed by atoms with van der Waals surface area (Å²) in [5, 5.41) is 2.83. The summed E-state index contributed by atoms with van der Waals surface area (Å²) in [5.74, 6) is -0.157. The molecule has 0 fully saturated rings. The van der Waals surface area contributed by atoms with E-state index in [1.54, 1.807) is 6.92 Å². The Morgan fingerprint density at radius 1 is 1.16 bits per heavy atom. The van der Waals surface area contributed by atoms with Gasteiger partial charge in [-0.05, 0) is 47.7 Å². The number of amides is 1. The van der Waals surface area contributed by atoms with Gasteiger partial charge in [-0.3, -0.25) is 4.79 Å². The zero-order chi connectivity index (χ0) is 13.4. The summed E-state index contributed by atoms with van der Waals surface area (Å²) < 4.78 is 0. The van der Waals surface area contributed by atoms with E-state index in [1.807, 2.05) is 12.1 Å². The molecule has 0 saturated heterocycles. The molecule has 0 aliphatic heterocycles. The average molecular weight is 252 g/mol. The molecule has 1 atom stereocenters. The van der Waals surface area contributed by atoms with Gasteiger partial charge in [0.2, 0.25) is 5.91 Å². The van der Waals surface area contributed by atoms with E-state index in [1.165, 1.54) is 22.3 Å². The highest BCUT2D eigenvalue weighted by molar-refractivity contribution is 5.95. The highest BCUT2D eigenvalue weighted by atomic mass is 16.2. The van der Waals surface area contributed by atoms with Crippen molar-refractivity contribution in [3.8, 4) is 11.1 Å². The molecule has 0 heterocycles. The summed E-state index contributed by atoms with van der Waals surface area (Å²) in [6.07, 6.45) is 0.924.